The third-order valence-electron chi connectivity index (χ3n) is 14.7. The predicted molar refractivity (Wildman–Crippen MR) is 133 cm³/mol. The lowest BCUT2D eigenvalue weighted by Crippen LogP contribution is -2.67. The molecule has 6 fully saturated rings. The summed E-state index contributed by atoms with van der Waals surface area (Å²) in [6.45, 7) is 22.3. The number of hydrogen-bond donors (Lipinski definition) is 0. The van der Waals surface area contributed by atoms with Gasteiger partial charge in [-0.3, -0.25) is 0 Å². The molecule has 32 heavy (non-hydrogen) atoms. The predicted octanol–water partition coefficient (Wildman–Crippen LogP) is 8.51. The number of hydrogen-bond acceptors (Lipinski definition) is 1. The molecule has 0 aromatic carbocycles. The molecule has 7 unspecified atom stereocenters. The van der Waals surface area contributed by atoms with Crippen LogP contribution in [-0.4, -0.2) is 12.7 Å². The zero-order valence-corrected chi connectivity index (χ0v) is 22.7. The van der Waals surface area contributed by atoms with Gasteiger partial charge in [-0.15, -0.1) is 0 Å². The summed E-state index contributed by atoms with van der Waals surface area (Å²) in [6, 6.07) is 0. The first-order valence-electron chi connectivity index (χ1n) is 14.4. The van der Waals surface area contributed by atoms with E-state index in [9.17, 15) is 0 Å². The van der Waals surface area contributed by atoms with E-state index in [1.807, 2.05) is 0 Å². The van der Waals surface area contributed by atoms with Crippen molar-refractivity contribution in [2.75, 3.05) is 6.61 Å². The summed E-state index contributed by atoms with van der Waals surface area (Å²) in [7, 11) is 0. The molecule has 0 N–H and O–H groups in total. The molecule has 6 aliphatic rings. The second-order valence-electron chi connectivity index (χ2n) is 16.0. The molecule has 1 nitrogen and oxygen atoms in total. The first-order chi connectivity index (χ1) is 14.8. The Bertz CT molecular complexity index is 796. The van der Waals surface area contributed by atoms with Crippen LogP contribution in [0.15, 0.2) is 0 Å². The van der Waals surface area contributed by atoms with Crippen LogP contribution in [0.1, 0.15) is 120 Å². The van der Waals surface area contributed by atoms with Crippen molar-refractivity contribution >= 4 is 0 Å². The Morgan fingerprint density at radius 1 is 0.656 bits per heavy atom. The van der Waals surface area contributed by atoms with Crippen LogP contribution >= 0.6 is 0 Å². The van der Waals surface area contributed by atoms with Crippen molar-refractivity contribution in [3.05, 3.63) is 0 Å². The minimum absolute atomic E-state index is 0.369. The molecule has 2 bridgehead atoms. The minimum Gasteiger partial charge on any atom is -0.377 e. The van der Waals surface area contributed by atoms with E-state index in [1.165, 1.54) is 64.2 Å². The van der Waals surface area contributed by atoms with Gasteiger partial charge in [-0.05, 0) is 126 Å². The van der Waals surface area contributed by atoms with Gasteiger partial charge < -0.3 is 4.74 Å². The summed E-state index contributed by atoms with van der Waals surface area (Å²) < 4.78 is 6.74. The molecule has 0 radical (unpaired) electrons. The second kappa shape index (κ2) is 6.39. The molecule has 1 heterocycles. The van der Waals surface area contributed by atoms with Crippen molar-refractivity contribution in [2.24, 2.45) is 62.1 Å². The average Bonchev–Trinajstić information content (AvgIpc) is 3.05. The van der Waals surface area contributed by atoms with Gasteiger partial charge in [-0.25, -0.2) is 0 Å². The standard InChI is InChI=1S/C31H52O/c1-20-11-13-28(6)22(27(20,4)5)12-14-30(8)23(28)10-9-21-24-25-26(2,3)15-17-31(24,19-32-25)18-16-29(21,30)7/h20-25H,9-19H2,1-8H3/t20?,21?,22?,23?,24?,25?,28-,29-,30+,31?/m0/s1. The average molecular weight is 441 g/mol. The highest BCUT2D eigenvalue weighted by atomic mass is 16.5. The quantitative estimate of drug-likeness (QED) is 0.367. The van der Waals surface area contributed by atoms with Crippen molar-refractivity contribution in [3.63, 3.8) is 0 Å². The molecule has 5 aliphatic carbocycles. The highest BCUT2D eigenvalue weighted by molar-refractivity contribution is 5.20. The molecule has 1 aliphatic heterocycles. The molecule has 6 rings (SSSR count). The minimum atomic E-state index is 0.369. The lowest BCUT2D eigenvalue weighted by molar-refractivity contribution is -0.247. The number of ether oxygens (including phenoxy) is 1. The molecule has 1 heteroatoms. The summed E-state index contributed by atoms with van der Waals surface area (Å²) in [5.74, 6) is 4.44. The first kappa shape index (κ1) is 22.4. The number of fused-ring (bicyclic) bond motifs is 5. The summed E-state index contributed by atoms with van der Waals surface area (Å²) in [6.07, 6.45) is 15.1. The Morgan fingerprint density at radius 3 is 2.12 bits per heavy atom. The van der Waals surface area contributed by atoms with Crippen molar-refractivity contribution in [1.82, 2.24) is 0 Å². The fourth-order valence-corrected chi connectivity index (χ4v) is 12.1. The normalized spacial score (nSPS) is 60.0. The lowest BCUT2D eigenvalue weighted by atomic mass is 9.31. The van der Waals surface area contributed by atoms with Gasteiger partial charge >= 0.3 is 0 Å². The van der Waals surface area contributed by atoms with Gasteiger partial charge in [0.25, 0.3) is 0 Å². The molecular formula is C31H52O. The molecule has 10 atom stereocenters. The Morgan fingerprint density at radius 2 is 1.38 bits per heavy atom. The van der Waals surface area contributed by atoms with Gasteiger partial charge in [0.15, 0.2) is 0 Å². The van der Waals surface area contributed by atoms with E-state index in [0.717, 1.165) is 36.2 Å². The smallest absolute Gasteiger partial charge is 0.0663 e. The van der Waals surface area contributed by atoms with Crippen LogP contribution in [0, 0.1) is 62.1 Å². The fourth-order valence-electron chi connectivity index (χ4n) is 12.1. The van der Waals surface area contributed by atoms with E-state index in [0.29, 0.717) is 38.6 Å². The van der Waals surface area contributed by atoms with Gasteiger partial charge in [0.2, 0.25) is 0 Å². The summed E-state index contributed by atoms with van der Waals surface area (Å²) in [5.41, 5.74) is 2.96. The van der Waals surface area contributed by atoms with Gasteiger partial charge in [-0.1, -0.05) is 55.4 Å². The maximum absolute atomic E-state index is 6.74. The first-order valence-corrected chi connectivity index (χ1v) is 14.4. The second-order valence-corrected chi connectivity index (χ2v) is 16.0. The Kier molecular flexibility index (Phi) is 4.48. The summed E-state index contributed by atoms with van der Waals surface area (Å²) >= 11 is 0. The molecule has 0 aromatic rings. The zero-order valence-electron chi connectivity index (χ0n) is 22.7. The Labute approximate surface area is 199 Å². The number of rotatable bonds is 0. The molecule has 0 spiro atoms. The van der Waals surface area contributed by atoms with Crippen LogP contribution in [0.4, 0.5) is 0 Å². The lowest BCUT2D eigenvalue weighted by Gasteiger charge is -2.73. The van der Waals surface area contributed by atoms with Crippen LogP contribution in [0.3, 0.4) is 0 Å². The largest absolute Gasteiger partial charge is 0.377 e. The van der Waals surface area contributed by atoms with E-state index < -0.39 is 0 Å². The topological polar surface area (TPSA) is 9.23 Å². The molecular weight excluding hydrogens is 388 g/mol. The van der Waals surface area contributed by atoms with Crippen molar-refractivity contribution in [2.45, 2.75) is 126 Å². The zero-order chi connectivity index (χ0) is 22.9. The molecule has 182 valence electrons. The molecule has 0 amide bonds. The third-order valence-corrected chi connectivity index (χ3v) is 14.7. The molecule has 1 saturated heterocycles. The highest BCUT2D eigenvalue weighted by Crippen LogP contribution is 2.78. The van der Waals surface area contributed by atoms with Gasteiger partial charge in [0.1, 0.15) is 0 Å². The van der Waals surface area contributed by atoms with Crippen LogP contribution in [-0.2, 0) is 4.74 Å². The van der Waals surface area contributed by atoms with Gasteiger partial charge in [0.05, 0.1) is 12.7 Å². The SMILES string of the molecule is CC1CC[C@@]2(C)C(CC[C@]3(C)C2CCC2C4C5OCC4(CCC5(C)C)CC[C@@]23C)C1(C)C. The monoisotopic (exact) mass is 440 g/mol. The van der Waals surface area contributed by atoms with Gasteiger partial charge in [0, 0.05) is 0 Å². The Balaban J connectivity index is 1.39. The van der Waals surface area contributed by atoms with Crippen LogP contribution in [0.5, 0.6) is 0 Å². The third kappa shape index (κ3) is 2.42. The van der Waals surface area contributed by atoms with E-state index in [2.05, 4.69) is 55.4 Å². The van der Waals surface area contributed by atoms with Crippen molar-refractivity contribution in [1.29, 1.82) is 0 Å². The maximum atomic E-state index is 6.74. The summed E-state index contributed by atoms with van der Waals surface area (Å²) in [4.78, 5) is 0. The van der Waals surface area contributed by atoms with Crippen LogP contribution in [0.25, 0.3) is 0 Å². The summed E-state index contributed by atoms with van der Waals surface area (Å²) in [5, 5.41) is 0. The fraction of sp³-hybridized carbons (Fsp3) is 1.00. The van der Waals surface area contributed by atoms with Crippen LogP contribution in [0.2, 0.25) is 0 Å². The van der Waals surface area contributed by atoms with Crippen molar-refractivity contribution < 1.29 is 4.74 Å². The Hall–Kier alpha value is -0.0400. The van der Waals surface area contributed by atoms with E-state index >= 15 is 0 Å². The van der Waals surface area contributed by atoms with E-state index in [-0.39, 0.29) is 0 Å². The van der Waals surface area contributed by atoms with E-state index in [1.54, 1.807) is 0 Å². The molecule has 5 saturated carbocycles. The molecule has 0 aromatic heterocycles. The highest BCUT2D eigenvalue weighted by Gasteiger charge is 2.72. The van der Waals surface area contributed by atoms with E-state index in [4.69, 9.17) is 4.74 Å². The van der Waals surface area contributed by atoms with Crippen molar-refractivity contribution in [3.8, 4) is 0 Å². The maximum Gasteiger partial charge on any atom is 0.0663 e. The van der Waals surface area contributed by atoms with Crippen LogP contribution < -0.4 is 0 Å². The van der Waals surface area contributed by atoms with Gasteiger partial charge in [-0.2, -0.15) is 0 Å².